The predicted molar refractivity (Wildman–Crippen MR) is 68.4 cm³/mol. The number of rotatable bonds is 2. The molecular formula is C13H19N3O. The third-order valence-electron chi connectivity index (χ3n) is 3.56. The molecule has 17 heavy (non-hydrogen) atoms. The first-order valence-electron chi connectivity index (χ1n) is 6.05. The number of aromatic nitrogens is 1. The van der Waals surface area contributed by atoms with Crippen molar-refractivity contribution in [3.8, 4) is 0 Å². The minimum atomic E-state index is -0.386. The Kier molecular flexibility index (Phi) is 3.05. The quantitative estimate of drug-likeness (QED) is 0.846. The van der Waals surface area contributed by atoms with Crippen LogP contribution in [0.5, 0.6) is 0 Å². The van der Waals surface area contributed by atoms with Gasteiger partial charge in [-0.1, -0.05) is 0 Å². The number of hydrogen-bond donors (Lipinski definition) is 1. The van der Waals surface area contributed by atoms with Crippen LogP contribution in [-0.4, -0.2) is 24.0 Å². The maximum atomic E-state index is 11.4. The Labute approximate surface area is 102 Å². The summed E-state index contributed by atoms with van der Waals surface area (Å²) < 4.78 is 0. The van der Waals surface area contributed by atoms with Crippen molar-refractivity contribution >= 4 is 11.7 Å². The molecule has 0 atom stereocenters. The molecule has 0 saturated carbocycles. The highest BCUT2D eigenvalue weighted by atomic mass is 16.1. The molecule has 1 aromatic heterocycles. The maximum absolute atomic E-state index is 11.4. The Balaban J connectivity index is 2.53. The Morgan fingerprint density at radius 3 is 2.29 bits per heavy atom. The fourth-order valence-corrected chi connectivity index (χ4v) is 2.53. The van der Waals surface area contributed by atoms with Gasteiger partial charge >= 0.3 is 0 Å². The van der Waals surface area contributed by atoms with Crippen LogP contribution in [0.15, 0.2) is 0 Å². The number of nitrogens with two attached hydrogens (primary N) is 1. The van der Waals surface area contributed by atoms with E-state index in [4.69, 9.17) is 5.73 Å². The van der Waals surface area contributed by atoms with Gasteiger partial charge in [0.1, 0.15) is 5.82 Å². The van der Waals surface area contributed by atoms with E-state index in [-0.39, 0.29) is 5.91 Å². The molecule has 4 nitrogen and oxygen atoms in total. The number of pyridine rings is 1. The summed E-state index contributed by atoms with van der Waals surface area (Å²) in [5.74, 6) is 0.631. The van der Waals surface area contributed by atoms with Crippen LogP contribution in [0.4, 0.5) is 5.82 Å². The topological polar surface area (TPSA) is 59.2 Å². The SMILES string of the molecule is Cc1nc(N2CCCC2)c(C)c(C)c1C(N)=O. The van der Waals surface area contributed by atoms with Crippen molar-refractivity contribution < 1.29 is 4.79 Å². The van der Waals surface area contributed by atoms with Crippen LogP contribution in [0.2, 0.25) is 0 Å². The average molecular weight is 233 g/mol. The Hall–Kier alpha value is -1.58. The van der Waals surface area contributed by atoms with E-state index < -0.39 is 0 Å². The normalized spacial score (nSPS) is 15.4. The van der Waals surface area contributed by atoms with E-state index in [1.54, 1.807) is 0 Å². The van der Waals surface area contributed by atoms with Crippen LogP contribution >= 0.6 is 0 Å². The van der Waals surface area contributed by atoms with Gasteiger partial charge in [0.25, 0.3) is 5.91 Å². The van der Waals surface area contributed by atoms with Gasteiger partial charge < -0.3 is 10.6 Å². The third kappa shape index (κ3) is 1.99. The molecule has 1 saturated heterocycles. The minimum Gasteiger partial charge on any atom is -0.366 e. The van der Waals surface area contributed by atoms with Crippen molar-refractivity contribution in [2.24, 2.45) is 5.73 Å². The Morgan fingerprint density at radius 2 is 1.76 bits per heavy atom. The fraction of sp³-hybridized carbons (Fsp3) is 0.538. The molecule has 0 unspecified atom stereocenters. The first-order chi connectivity index (χ1) is 8.02. The maximum Gasteiger partial charge on any atom is 0.250 e. The molecule has 2 heterocycles. The highest BCUT2D eigenvalue weighted by Gasteiger charge is 2.21. The van der Waals surface area contributed by atoms with Crippen LogP contribution in [0.25, 0.3) is 0 Å². The van der Waals surface area contributed by atoms with Crippen molar-refractivity contribution in [1.29, 1.82) is 0 Å². The lowest BCUT2D eigenvalue weighted by atomic mass is 10.0. The first-order valence-corrected chi connectivity index (χ1v) is 6.05. The van der Waals surface area contributed by atoms with Gasteiger partial charge in [-0.25, -0.2) is 4.98 Å². The highest BCUT2D eigenvalue weighted by Crippen LogP contribution is 2.27. The molecule has 0 radical (unpaired) electrons. The number of amides is 1. The molecule has 4 heteroatoms. The van der Waals surface area contributed by atoms with Crippen molar-refractivity contribution in [1.82, 2.24) is 4.98 Å². The Morgan fingerprint density at radius 1 is 1.18 bits per heavy atom. The zero-order chi connectivity index (χ0) is 12.6. The van der Waals surface area contributed by atoms with Crippen molar-refractivity contribution in [2.45, 2.75) is 33.6 Å². The molecule has 1 fully saturated rings. The van der Waals surface area contributed by atoms with Crippen LogP contribution in [-0.2, 0) is 0 Å². The highest BCUT2D eigenvalue weighted by molar-refractivity contribution is 5.96. The summed E-state index contributed by atoms with van der Waals surface area (Å²) in [6.45, 7) is 7.93. The molecule has 92 valence electrons. The number of nitrogens with zero attached hydrogens (tertiary/aromatic N) is 2. The zero-order valence-corrected chi connectivity index (χ0v) is 10.7. The van der Waals surface area contributed by atoms with Crippen LogP contribution in [0, 0.1) is 20.8 Å². The van der Waals surface area contributed by atoms with Crippen molar-refractivity contribution in [3.63, 3.8) is 0 Å². The lowest BCUT2D eigenvalue weighted by Gasteiger charge is -2.22. The molecule has 1 aromatic rings. The monoisotopic (exact) mass is 233 g/mol. The second kappa shape index (κ2) is 4.35. The standard InChI is InChI=1S/C13H19N3O/c1-8-9(2)13(16-6-4-5-7-16)15-10(3)11(8)12(14)17/h4-7H2,1-3H3,(H2,14,17). The molecule has 0 aromatic carbocycles. The van der Waals surface area contributed by atoms with Gasteiger partial charge in [0, 0.05) is 13.1 Å². The zero-order valence-electron chi connectivity index (χ0n) is 10.7. The van der Waals surface area contributed by atoms with Gasteiger partial charge in [0.2, 0.25) is 0 Å². The van der Waals surface area contributed by atoms with Crippen LogP contribution < -0.4 is 10.6 Å². The van der Waals surface area contributed by atoms with Gasteiger partial charge in [-0.3, -0.25) is 4.79 Å². The smallest absolute Gasteiger partial charge is 0.250 e. The van der Waals surface area contributed by atoms with Gasteiger partial charge in [0.05, 0.1) is 11.3 Å². The fourth-order valence-electron chi connectivity index (χ4n) is 2.53. The van der Waals surface area contributed by atoms with E-state index in [1.165, 1.54) is 12.8 Å². The van der Waals surface area contributed by atoms with E-state index in [1.807, 2.05) is 20.8 Å². The van der Waals surface area contributed by atoms with Crippen molar-refractivity contribution in [2.75, 3.05) is 18.0 Å². The van der Waals surface area contributed by atoms with Gasteiger partial charge in [-0.15, -0.1) is 0 Å². The summed E-state index contributed by atoms with van der Waals surface area (Å²) in [5, 5.41) is 0. The lowest BCUT2D eigenvalue weighted by molar-refractivity contribution is 0.0998. The first kappa shape index (κ1) is 11.9. The summed E-state index contributed by atoms with van der Waals surface area (Å²) in [6.07, 6.45) is 2.44. The van der Waals surface area contributed by atoms with E-state index in [0.29, 0.717) is 5.56 Å². The minimum absolute atomic E-state index is 0.386. The molecule has 1 amide bonds. The number of anilines is 1. The molecule has 0 spiro atoms. The molecule has 1 aliphatic rings. The molecule has 0 bridgehead atoms. The second-order valence-corrected chi connectivity index (χ2v) is 4.70. The largest absolute Gasteiger partial charge is 0.366 e. The molecule has 0 aliphatic carbocycles. The summed E-state index contributed by atoms with van der Waals surface area (Å²) in [5.41, 5.74) is 8.75. The summed E-state index contributed by atoms with van der Waals surface area (Å²) in [6, 6.07) is 0. The Bertz CT molecular complexity index is 462. The summed E-state index contributed by atoms with van der Waals surface area (Å²) in [7, 11) is 0. The number of aryl methyl sites for hydroxylation is 1. The van der Waals surface area contributed by atoms with Gasteiger partial charge in [0.15, 0.2) is 0 Å². The number of primary amides is 1. The predicted octanol–water partition coefficient (Wildman–Crippen LogP) is 1.71. The molecular weight excluding hydrogens is 214 g/mol. The van der Waals surface area contributed by atoms with Crippen molar-refractivity contribution in [3.05, 3.63) is 22.4 Å². The van der Waals surface area contributed by atoms with E-state index in [9.17, 15) is 4.79 Å². The summed E-state index contributed by atoms with van der Waals surface area (Å²) >= 11 is 0. The number of hydrogen-bond acceptors (Lipinski definition) is 3. The van der Waals surface area contributed by atoms with E-state index in [2.05, 4.69) is 9.88 Å². The molecule has 1 aliphatic heterocycles. The number of carbonyl (C=O) groups is 1. The third-order valence-corrected chi connectivity index (χ3v) is 3.56. The molecule has 2 rings (SSSR count). The molecule has 2 N–H and O–H groups in total. The second-order valence-electron chi connectivity index (χ2n) is 4.70. The van der Waals surface area contributed by atoms with E-state index >= 15 is 0 Å². The average Bonchev–Trinajstić information content (AvgIpc) is 2.76. The summed E-state index contributed by atoms with van der Waals surface area (Å²) in [4.78, 5) is 18.2. The van der Waals surface area contributed by atoms with Gasteiger partial charge in [-0.2, -0.15) is 0 Å². The van der Waals surface area contributed by atoms with Crippen LogP contribution in [0.1, 0.15) is 40.0 Å². The number of carbonyl (C=O) groups excluding carboxylic acids is 1. The van der Waals surface area contributed by atoms with Gasteiger partial charge in [-0.05, 0) is 44.7 Å². The van der Waals surface area contributed by atoms with Crippen LogP contribution in [0.3, 0.4) is 0 Å². The van der Waals surface area contributed by atoms with E-state index in [0.717, 1.165) is 35.7 Å². The lowest BCUT2D eigenvalue weighted by Crippen LogP contribution is -2.23.